The van der Waals surface area contributed by atoms with Crippen LogP contribution in [0.1, 0.15) is 73.1 Å². The number of cyclic esters (lactones) is 1. The summed E-state index contributed by atoms with van der Waals surface area (Å²) in [6.45, 7) is 8.02. The van der Waals surface area contributed by atoms with Gasteiger partial charge in [0.15, 0.2) is 0 Å². The topological polar surface area (TPSA) is 150 Å². The van der Waals surface area contributed by atoms with Crippen molar-refractivity contribution >= 4 is 11.8 Å². The molecule has 10 nitrogen and oxygen atoms in total. The van der Waals surface area contributed by atoms with Crippen LogP contribution in [0.15, 0.2) is 0 Å². The second kappa shape index (κ2) is 11.8. The number of carbonyl (C=O) groups is 2. The lowest BCUT2D eigenvalue weighted by atomic mass is 9.86. The van der Waals surface area contributed by atoms with E-state index in [1.54, 1.807) is 0 Å². The Labute approximate surface area is 171 Å². The summed E-state index contributed by atoms with van der Waals surface area (Å²) in [5.41, 5.74) is -2.12. The Hall–Kier alpha value is -2.10. The zero-order valence-electron chi connectivity index (χ0n) is 18.0. The first kappa shape index (κ1) is 26.9. The molecule has 29 heavy (non-hydrogen) atoms. The van der Waals surface area contributed by atoms with E-state index in [4.69, 9.17) is 9.84 Å². The molecule has 1 N–H and O–H groups in total. The summed E-state index contributed by atoms with van der Waals surface area (Å²) in [6, 6.07) is 0. The average molecular weight is 418 g/mol. The highest BCUT2D eigenvalue weighted by molar-refractivity contribution is 5.78. The summed E-state index contributed by atoms with van der Waals surface area (Å²) in [5.74, 6) is -0.953. The number of hydrogen-bond donors (Lipinski definition) is 1. The summed E-state index contributed by atoms with van der Waals surface area (Å²) >= 11 is 0. The van der Waals surface area contributed by atoms with Crippen LogP contribution in [0.25, 0.3) is 0 Å². The first-order chi connectivity index (χ1) is 13.2. The van der Waals surface area contributed by atoms with Gasteiger partial charge in [0.1, 0.15) is 5.78 Å². The van der Waals surface area contributed by atoms with E-state index in [0.29, 0.717) is 25.9 Å². The highest BCUT2D eigenvalue weighted by Gasteiger charge is 2.38. The summed E-state index contributed by atoms with van der Waals surface area (Å²) < 4.78 is 4.85. The molecule has 168 valence electrons. The molecule has 0 aromatic carbocycles. The normalized spacial score (nSPS) is 18.1. The summed E-state index contributed by atoms with van der Waals surface area (Å²) in [5, 5.41) is 30.0. The maximum Gasteiger partial charge on any atom is 0.309 e. The monoisotopic (exact) mass is 418 g/mol. The molecule has 0 aliphatic carbocycles. The first-order valence-electron chi connectivity index (χ1n) is 9.81. The summed E-state index contributed by atoms with van der Waals surface area (Å²) in [7, 11) is 0. The van der Waals surface area contributed by atoms with Crippen molar-refractivity contribution in [3.8, 4) is 0 Å². The van der Waals surface area contributed by atoms with Crippen LogP contribution in [0, 0.1) is 32.1 Å². The largest absolute Gasteiger partial charge is 0.465 e. The molecular formula is C19H34N2O8. The number of nitro groups is 2. The van der Waals surface area contributed by atoms with Crippen molar-refractivity contribution in [1.29, 1.82) is 0 Å². The number of rotatable bonds is 10. The molecule has 0 spiro atoms. The van der Waals surface area contributed by atoms with Gasteiger partial charge in [0.05, 0.1) is 12.5 Å². The first-order valence-corrected chi connectivity index (χ1v) is 9.81. The molecule has 2 unspecified atom stereocenters. The Morgan fingerprint density at radius 1 is 1.21 bits per heavy atom. The van der Waals surface area contributed by atoms with Gasteiger partial charge in [0, 0.05) is 62.9 Å². The number of carbonyl (C=O) groups excluding carboxylic acids is 2. The van der Waals surface area contributed by atoms with E-state index >= 15 is 0 Å². The minimum atomic E-state index is -1.08. The molecule has 0 aromatic rings. The molecular weight excluding hydrogens is 384 g/mol. The van der Waals surface area contributed by atoms with Gasteiger partial charge in [-0.15, -0.1) is 0 Å². The second-order valence-corrected chi connectivity index (χ2v) is 8.73. The van der Waals surface area contributed by atoms with Crippen molar-refractivity contribution in [1.82, 2.24) is 0 Å². The van der Waals surface area contributed by atoms with Crippen LogP contribution in [0.5, 0.6) is 0 Å². The van der Waals surface area contributed by atoms with Crippen LogP contribution in [-0.2, 0) is 14.3 Å². The number of ketones is 1. The van der Waals surface area contributed by atoms with E-state index < -0.39 is 11.1 Å². The van der Waals surface area contributed by atoms with Crippen molar-refractivity contribution < 1.29 is 29.3 Å². The molecule has 1 rings (SSSR count). The fourth-order valence-corrected chi connectivity index (χ4v) is 3.07. The van der Waals surface area contributed by atoms with Gasteiger partial charge in [-0.05, 0) is 32.6 Å². The van der Waals surface area contributed by atoms with Gasteiger partial charge < -0.3 is 9.84 Å². The third-order valence-electron chi connectivity index (χ3n) is 5.04. The predicted molar refractivity (Wildman–Crippen MR) is 106 cm³/mol. The maximum atomic E-state index is 11.2. The Morgan fingerprint density at radius 3 is 2.17 bits per heavy atom. The van der Waals surface area contributed by atoms with Crippen LogP contribution >= 0.6 is 0 Å². The molecule has 0 bridgehead atoms. The lowest BCUT2D eigenvalue weighted by molar-refractivity contribution is -0.562. The summed E-state index contributed by atoms with van der Waals surface area (Å²) in [4.78, 5) is 43.2. The fourth-order valence-electron chi connectivity index (χ4n) is 3.07. The van der Waals surface area contributed by atoms with Crippen molar-refractivity contribution in [2.45, 2.75) is 84.2 Å². The van der Waals surface area contributed by atoms with Gasteiger partial charge in [0.2, 0.25) is 11.1 Å². The minimum absolute atomic E-state index is 0.0165. The van der Waals surface area contributed by atoms with E-state index in [2.05, 4.69) is 0 Å². The number of ether oxygens (including phenoxy) is 1. The summed E-state index contributed by atoms with van der Waals surface area (Å²) in [6.07, 6.45) is 3.04. The van der Waals surface area contributed by atoms with Crippen LogP contribution in [-0.4, -0.2) is 51.0 Å². The molecule has 0 radical (unpaired) electrons. The van der Waals surface area contributed by atoms with Crippen LogP contribution < -0.4 is 0 Å². The number of nitrogens with zero attached hydrogens (tertiary/aromatic N) is 2. The van der Waals surface area contributed by atoms with Gasteiger partial charge in [-0.2, -0.15) is 0 Å². The average Bonchev–Trinajstić information content (AvgIpc) is 2.60. The number of esters is 1. The van der Waals surface area contributed by atoms with E-state index in [9.17, 15) is 29.8 Å². The molecule has 1 saturated heterocycles. The molecule has 1 aliphatic heterocycles. The maximum absolute atomic E-state index is 11.2. The SMILES string of the molecule is CC(=O)C(CCCO)CC(C)(C)[N+](=O)[O-].CC(C)(CC1CCCOC1=O)[N+](=O)[O-]. The van der Waals surface area contributed by atoms with Gasteiger partial charge in [-0.3, -0.25) is 29.8 Å². The highest BCUT2D eigenvalue weighted by atomic mass is 16.6. The Bertz CT molecular complexity index is 589. The van der Waals surface area contributed by atoms with Gasteiger partial charge in [-0.1, -0.05) is 0 Å². The van der Waals surface area contributed by atoms with Gasteiger partial charge >= 0.3 is 5.97 Å². The molecule has 1 aliphatic rings. The minimum Gasteiger partial charge on any atom is -0.465 e. The Morgan fingerprint density at radius 2 is 1.76 bits per heavy atom. The highest BCUT2D eigenvalue weighted by Crippen LogP contribution is 2.27. The molecule has 0 amide bonds. The Kier molecular flexibility index (Phi) is 10.9. The van der Waals surface area contributed by atoms with Crippen molar-refractivity contribution in [2.24, 2.45) is 11.8 Å². The zero-order valence-corrected chi connectivity index (χ0v) is 18.0. The van der Waals surface area contributed by atoms with Crippen molar-refractivity contribution in [3.63, 3.8) is 0 Å². The third kappa shape index (κ3) is 9.78. The number of Topliss-reactive ketones (excluding diaryl/α,β-unsaturated/α-hetero) is 1. The smallest absolute Gasteiger partial charge is 0.309 e. The van der Waals surface area contributed by atoms with Crippen LogP contribution in [0.4, 0.5) is 0 Å². The molecule has 10 heteroatoms. The van der Waals surface area contributed by atoms with Gasteiger partial charge in [0.25, 0.3) is 0 Å². The molecule has 2 atom stereocenters. The van der Waals surface area contributed by atoms with Crippen molar-refractivity contribution in [3.05, 3.63) is 20.2 Å². The molecule has 1 heterocycles. The quantitative estimate of drug-likeness (QED) is 0.323. The molecule has 0 aromatic heterocycles. The van der Waals surface area contributed by atoms with E-state index in [1.165, 1.54) is 34.6 Å². The predicted octanol–water partition coefficient (Wildman–Crippen LogP) is 2.79. The fraction of sp³-hybridized carbons (Fsp3) is 0.895. The standard InChI is InChI=1S/C10H19NO4.C9H15NO4/c1-8(13)9(5-4-6-12)7-10(2,3)11(14)15;1-9(2,10(12)13)6-7-4-3-5-14-8(7)11/h9,12H,4-7H2,1-3H3;7H,3-6H2,1-2H3. The van der Waals surface area contributed by atoms with Crippen molar-refractivity contribution in [2.75, 3.05) is 13.2 Å². The van der Waals surface area contributed by atoms with Crippen LogP contribution in [0.3, 0.4) is 0 Å². The third-order valence-corrected chi connectivity index (χ3v) is 5.04. The lowest BCUT2D eigenvalue weighted by Gasteiger charge is -2.24. The lowest BCUT2D eigenvalue weighted by Crippen LogP contribution is -2.37. The van der Waals surface area contributed by atoms with E-state index in [-0.39, 0.29) is 52.9 Å². The number of hydrogen-bond acceptors (Lipinski definition) is 8. The number of aliphatic hydroxyl groups is 1. The molecule has 1 fully saturated rings. The van der Waals surface area contributed by atoms with E-state index in [0.717, 1.165) is 6.42 Å². The zero-order chi connectivity index (χ0) is 22.8. The Balaban J connectivity index is 0.000000541. The van der Waals surface area contributed by atoms with Crippen LogP contribution in [0.2, 0.25) is 0 Å². The van der Waals surface area contributed by atoms with Gasteiger partial charge in [-0.25, -0.2) is 0 Å². The molecule has 0 saturated carbocycles. The van der Waals surface area contributed by atoms with E-state index in [1.807, 2.05) is 0 Å². The second-order valence-electron chi connectivity index (χ2n) is 8.73. The number of aliphatic hydroxyl groups excluding tert-OH is 1.